The molecule has 12 heavy (non-hydrogen) atoms. The third-order valence-electron chi connectivity index (χ3n) is 2.05. The lowest BCUT2D eigenvalue weighted by Gasteiger charge is -2.13. The maximum absolute atomic E-state index is 11.2. The van der Waals surface area contributed by atoms with E-state index in [1.807, 2.05) is 6.92 Å². The number of nitrogens with two attached hydrogens (primary N) is 1. The molecule has 0 radical (unpaired) electrons. The fourth-order valence-electron chi connectivity index (χ4n) is 1.14. The Morgan fingerprint density at radius 3 is 3.08 bits per heavy atom. The minimum Gasteiger partial charge on any atom is -0.379 e. The van der Waals surface area contributed by atoms with Crippen LogP contribution in [-0.4, -0.2) is 31.2 Å². The molecule has 0 aromatic heterocycles. The number of carbonyl (C=O) groups is 1. The summed E-state index contributed by atoms with van der Waals surface area (Å²) in [6.45, 7) is 3.27. The standard InChI is InChI=1S/C8H16N2O2/c1-2-7(9)8(11)10-6-3-4-12-5-6/h6-7H,2-5,9H2,1H3,(H,10,11)/t6?,7-/m1/s1. The second-order valence-corrected chi connectivity index (χ2v) is 3.08. The molecule has 1 unspecified atom stereocenters. The van der Waals surface area contributed by atoms with Gasteiger partial charge >= 0.3 is 0 Å². The SMILES string of the molecule is CC[C@@H](N)C(=O)NC1CCOC1. The zero-order chi connectivity index (χ0) is 8.97. The fraction of sp³-hybridized carbons (Fsp3) is 0.875. The van der Waals surface area contributed by atoms with Crippen LogP contribution >= 0.6 is 0 Å². The van der Waals surface area contributed by atoms with E-state index in [1.54, 1.807) is 0 Å². The van der Waals surface area contributed by atoms with Crippen molar-refractivity contribution in [2.45, 2.75) is 31.8 Å². The van der Waals surface area contributed by atoms with Crippen LogP contribution in [0.25, 0.3) is 0 Å². The average molecular weight is 172 g/mol. The molecular formula is C8H16N2O2. The predicted octanol–water partition coefficient (Wildman–Crippen LogP) is -0.371. The summed E-state index contributed by atoms with van der Waals surface area (Å²) in [5.74, 6) is -0.0620. The van der Waals surface area contributed by atoms with Crippen LogP contribution in [0.4, 0.5) is 0 Å². The van der Waals surface area contributed by atoms with E-state index in [9.17, 15) is 4.79 Å². The lowest BCUT2D eigenvalue weighted by atomic mass is 10.2. The van der Waals surface area contributed by atoms with E-state index < -0.39 is 0 Å². The summed E-state index contributed by atoms with van der Waals surface area (Å²) in [6, 6.07) is -0.194. The molecule has 1 aliphatic rings. The quantitative estimate of drug-likeness (QED) is 0.610. The zero-order valence-electron chi connectivity index (χ0n) is 7.38. The Balaban J connectivity index is 2.25. The van der Waals surface area contributed by atoms with Gasteiger partial charge in [-0.15, -0.1) is 0 Å². The molecule has 1 saturated heterocycles. The molecule has 4 heteroatoms. The van der Waals surface area contributed by atoms with Crippen LogP contribution in [0.5, 0.6) is 0 Å². The Bertz CT molecular complexity index is 155. The van der Waals surface area contributed by atoms with Gasteiger partial charge in [-0.05, 0) is 12.8 Å². The molecular weight excluding hydrogens is 156 g/mol. The van der Waals surface area contributed by atoms with E-state index in [0.29, 0.717) is 13.0 Å². The number of nitrogens with one attached hydrogen (secondary N) is 1. The fourth-order valence-corrected chi connectivity index (χ4v) is 1.14. The third-order valence-corrected chi connectivity index (χ3v) is 2.05. The second kappa shape index (κ2) is 4.42. The van der Waals surface area contributed by atoms with E-state index in [-0.39, 0.29) is 18.0 Å². The van der Waals surface area contributed by atoms with Crippen LogP contribution in [0.15, 0.2) is 0 Å². The molecule has 1 rings (SSSR count). The van der Waals surface area contributed by atoms with Gasteiger partial charge in [-0.25, -0.2) is 0 Å². The summed E-state index contributed by atoms with van der Waals surface area (Å²) in [7, 11) is 0. The number of rotatable bonds is 3. The number of carbonyl (C=O) groups excluding carboxylic acids is 1. The number of ether oxygens (including phenoxy) is 1. The molecule has 2 atom stereocenters. The second-order valence-electron chi connectivity index (χ2n) is 3.08. The van der Waals surface area contributed by atoms with Gasteiger partial charge in [-0.1, -0.05) is 6.92 Å². The average Bonchev–Trinajstić information content (AvgIpc) is 2.55. The number of hydrogen-bond acceptors (Lipinski definition) is 3. The van der Waals surface area contributed by atoms with Crippen LogP contribution in [0.1, 0.15) is 19.8 Å². The molecule has 1 amide bonds. The van der Waals surface area contributed by atoms with Crippen molar-refractivity contribution in [2.24, 2.45) is 5.73 Å². The monoisotopic (exact) mass is 172 g/mol. The van der Waals surface area contributed by atoms with Crippen LogP contribution in [0.2, 0.25) is 0 Å². The van der Waals surface area contributed by atoms with Crippen LogP contribution in [0, 0.1) is 0 Å². The topological polar surface area (TPSA) is 64.4 Å². The van der Waals surface area contributed by atoms with Crippen molar-refractivity contribution < 1.29 is 9.53 Å². The lowest BCUT2D eigenvalue weighted by Crippen LogP contribution is -2.45. The van der Waals surface area contributed by atoms with Crippen LogP contribution in [0.3, 0.4) is 0 Å². The van der Waals surface area contributed by atoms with E-state index in [1.165, 1.54) is 0 Å². The molecule has 1 fully saturated rings. The highest BCUT2D eigenvalue weighted by Gasteiger charge is 2.20. The molecule has 4 nitrogen and oxygen atoms in total. The van der Waals surface area contributed by atoms with Crippen molar-refractivity contribution >= 4 is 5.91 Å². The highest BCUT2D eigenvalue weighted by molar-refractivity contribution is 5.81. The van der Waals surface area contributed by atoms with E-state index in [0.717, 1.165) is 13.0 Å². The molecule has 0 aromatic carbocycles. The van der Waals surface area contributed by atoms with Crippen molar-refractivity contribution in [3.63, 3.8) is 0 Å². The lowest BCUT2D eigenvalue weighted by molar-refractivity contribution is -0.123. The molecule has 70 valence electrons. The summed E-state index contributed by atoms with van der Waals surface area (Å²) in [5.41, 5.74) is 5.54. The van der Waals surface area contributed by atoms with Gasteiger partial charge in [0, 0.05) is 6.61 Å². The summed E-state index contributed by atoms with van der Waals surface area (Å²) in [6.07, 6.45) is 1.58. The summed E-state index contributed by atoms with van der Waals surface area (Å²) in [5, 5.41) is 2.84. The first-order valence-electron chi connectivity index (χ1n) is 4.37. The maximum Gasteiger partial charge on any atom is 0.237 e. The van der Waals surface area contributed by atoms with Crippen molar-refractivity contribution in [2.75, 3.05) is 13.2 Å². The normalized spacial score (nSPS) is 25.3. The molecule has 0 spiro atoms. The first-order chi connectivity index (χ1) is 5.74. The Labute approximate surface area is 72.5 Å². The summed E-state index contributed by atoms with van der Waals surface area (Å²) in [4.78, 5) is 11.2. The van der Waals surface area contributed by atoms with Crippen LogP contribution in [-0.2, 0) is 9.53 Å². The predicted molar refractivity (Wildman–Crippen MR) is 45.6 cm³/mol. The minimum atomic E-state index is -0.370. The summed E-state index contributed by atoms with van der Waals surface area (Å²) >= 11 is 0. The first kappa shape index (κ1) is 9.48. The molecule has 1 heterocycles. The molecule has 0 bridgehead atoms. The maximum atomic E-state index is 11.2. The minimum absolute atomic E-state index is 0.0620. The number of amides is 1. The van der Waals surface area contributed by atoms with Crippen molar-refractivity contribution in [3.8, 4) is 0 Å². The van der Waals surface area contributed by atoms with Gasteiger partial charge in [0.05, 0.1) is 18.7 Å². The Hall–Kier alpha value is -0.610. The van der Waals surface area contributed by atoms with E-state index in [2.05, 4.69) is 5.32 Å². The zero-order valence-corrected chi connectivity index (χ0v) is 7.38. The molecule has 0 aliphatic carbocycles. The van der Waals surface area contributed by atoms with Gasteiger partial charge in [0.1, 0.15) is 0 Å². The van der Waals surface area contributed by atoms with Gasteiger partial charge in [0.15, 0.2) is 0 Å². The van der Waals surface area contributed by atoms with Gasteiger partial charge < -0.3 is 15.8 Å². The smallest absolute Gasteiger partial charge is 0.237 e. The Morgan fingerprint density at radius 1 is 1.83 bits per heavy atom. The molecule has 3 N–H and O–H groups in total. The molecule has 1 aliphatic heterocycles. The van der Waals surface area contributed by atoms with Crippen molar-refractivity contribution in [3.05, 3.63) is 0 Å². The van der Waals surface area contributed by atoms with Crippen molar-refractivity contribution in [1.82, 2.24) is 5.32 Å². The van der Waals surface area contributed by atoms with Crippen LogP contribution < -0.4 is 11.1 Å². The van der Waals surface area contributed by atoms with Gasteiger partial charge in [0.2, 0.25) is 5.91 Å². The highest BCUT2D eigenvalue weighted by Crippen LogP contribution is 2.03. The highest BCUT2D eigenvalue weighted by atomic mass is 16.5. The third kappa shape index (κ3) is 2.46. The van der Waals surface area contributed by atoms with Gasteiger partial charge in [0.25, 0.3) is 0 Å². The first-order valence-corrected chi connectivity index (χ1v) is 4.37. The van der Waals surface area contributed by atoms with E-state index >= 15 is 0 Å². The number of hydrogen-bond donors (Lipinski definition) is 2. The van der Waals surface area contributed by atoms with Gasteiger partial charge in [-0.2, -0.15) is 0 Å². The molecule has 0 saturated carbocycles. The molecule has 0 aromatic rings. The Kier molecular flexibility index (Phi) is 3.49. The van der Waals surface area contributed by atoms with Crippen molar-refractivity contribution in [1.29, 1.82) is 0 Å². The Morgan fingerprint density at radius 2 is 2.58 bits per heavy atom. The van der Waals surface area contributed by atoms with E-state index in [4.69, 9.17) is 10.5 Å². The van der Waals surface area contributed by atoms with Gasteiger partial charge in [-0.3, -0.25) is 4.79 Å². The summed E-state index contributed by atoms with van der Waals surface area (Å²) < 4.78 is 5.12. The largest absolute Gasteiger partial charge is 0.379 e.